The Morgan fingerprint density at radius 3 is 2.25 bits per heavy atom. The molecule has 0 saturated heterocycles. The monoisotopic (exact) mass is 240 g/mol. The molecule has 16 heavy (non-hydrogen) atoms. The van der Waals surface area contributed by atoms with Crippen LogP contribution in [0.15, 0.2) is 0 Å². The van der Waals surface area contributed by atoms with Gasteiger partial charge in [-0.1, -0.05) is 26.7 Å². The van der Waals surface area contributed by atoms with E-state index in [1.807, 2.05) is 6.92 Å². The van der Waals surface area contributed by atoms with E-state index in [1.54, 1.807) is 6.92 Å². The van der Waals surface area contributed by atoms with Crippen molar-refractivity contribution in [1.29, 1.82) is 0 Å². The molecule has 0 fully saturated rings. The summed E-state index contributed by atoms with van der Waals surface area (Å²) in [6.07, 6.45) is -2.74. The zero-order valence-corrected chi connectivity index (χ0v) is 9.93. The van der Waals surface area contributed by atoms with E-state index in [2.05, 4.69) is 4.74 Å². The van der Waals surface area contributed by atoms with Gasteiger partial charge in [0, 0.05) is 0 Å². The van der Waals surface area contributed by atoms with Gasteiger partial charge in [0.05, 0.1) is 18.4 Å². The minimum absolute atomic E-state index is 0.117. The van der Waals surface area contributed by atoms with Gasteiger partial charge in [-0.3, -0.25) is 4.79 Å². The molecule has 0 saturated carbocycles. The maximum atomic E-state index is 12.5. The Hall–Kier alpha value is -0.740. The molecule has 0 heterocycles. The average Bonchev–Trinajstić information content (AvgIpc) is 2.17. The SMILES string of the molecule is CCCCC(C(=O)OCC)C(C)C(F)(F)F. The highest BCUT2D eigenvalue weighted by Crippen LogP contribution is 2.34. The second-order valence-corrected chi connectivity index (χ2v) is 3.83. The van der Waals surface area contributed by atoms with Gasteiger partial charge in [0.1, 0.15) is 0 Å². The minimum atomic E-state index is -4.34. The van der Waals surface area contributed by atoms with Crippen molar-refractivity contribution >= 4 is 5.97 Å². The van der Waals surface area contributed by atoms with E-state index in [4.69, 9.17) is 0 Å². The standard InChI is InChI=1S/C11H19F3O2/c1-4-6-7-9(10(15)16-5-2)8(3)11(12,13)14/h8-9H,4-7H2,1-3H3. The van der Waals surface area contributed by atoms with Crippen molar-refractivity contribution in [2.45, 2.75) is 46.2 Å². The second kappa shape index (κ2) is 6.76. The predicted octanol–water partition coefficient (Wildman–Crippen LogP) is 3.55. The molecule has 2 atom stereocenters. The van der Waals surface area contributed by atoms with Crippen molar-refractivity contribution in [3.63, 3.8) is 0 Å². The van der Waals surface area contributed by atoms with Crippen LogP contribution in [0.4, 0.5) is 13.2 Å². The van der Waals surface area contributed by atoms with E-state index in [-0.39, 0.29) is 13.0 Å². The molecule has 2 nitrogen and oxygen atoms in total. The fourth-order valence-electron chi connectivity index (χ4n) is 1.47. The van der Waals surface area contributed by atoms with Gasteiger partial charge < -0.3 is 4.74 Å². The molecule has 2 unspecified atom stereocenters. The molecular formula is C11H19F3O2. The molecule has 96 valence electrons. The van der Waals surface area contributed by atoms with Crippen LogP contribution in [0.25, 0.3) is 0 Å². The summed E-state index contributed by atoms with van der Waals surface area (Å²) in [6.45, 7) is 4.62. The number of hydrogen-bond acceptors (Lipinski definition) is 2. The van der Waals surface area contributed by atoms with Crippen molar-refractivity contribution in [2.24, 2.45) is 11.8 Å². The third-order valence-electron chi connectivity index (χ3n) is 2.58. The number of hydrogen-bond donors (Lipinski definition) is 0. The summed E-state index contributed by atoms with van der Waals surface area (Å²) in [5.41, 5.74) is 0. The van der Waals surface area contributed by atoms with Gasteiger partial charge in [0.15, 0.2) is 0 Å². The van der Waals surface area contributed by atoms with Gasteiger partial charge in [-0.05, 0) is 13.3 Å². The molecule has 0 aliphatic heterocycles. The van der Waals surface area contributed by atoms with Crippen LogP contribution in [0.5, 0.6) is 0 Å². The summed E-state index contributed by atoms with van der Waals surface area (Å²) in [6, 6.07) is 0. The van der Waals surface area contributed by atoms with Crippen LogP contribution < -0.4 is 0 Å². The van der Waals surface area contributed by atoms with Crippen LogP contribution in [0.2, 0.25) is 0 Å². The van der Waals surface area contributed by atoms with E-state index in [9.17, 15) is 18.0 Å². The molecule has 0 aromatic rings. The highest BCUT2D eigenvalue weighted by molar-refractivity contribution is 5.72. The van der Waals surface area contributed by atoms with Crippen molar-refractivity contribution < 1.29 is 22.7 Å². The van der Waals surface area contributed by atoms with Crippen LogP contribution in [0, 0.1) is 11.8 Å². The first kappa shape index (κ1) is 15.3. The van der Waals surface area contributed by atoms with Gasteiger partial charge in [0.25, 0.3) is 0 Å². The van der Waals surface area contributed by atoms with Crippen LogP contribution in [-0.4, -0.2) is 18.8 Å². The highest BCUT2D eigenvalue weighted by atomic mass is 19.4. The van der Waals surface area contributed by atoms with Crippen LogP contribution >= 0.6 is 0 Å². The zero-order valence-electron chi connectivity index (χ0n) is 9.93. The van der Waals surface area contributed by atoms with Gasteiger partial charge in [-0.25, -0.2) is 0 Å². The lowest BCUT2D eigenvalue weighted by Crippen LogP contribution is -2.34. The Balaban J connectivity index is 4.59. The summed E-state index contributed by atoms with van der Waals surface area (Å²) < 4.78 is 42.2. The normalized spacial score (nSPS) is 15.6. The first-order valence-electron chi connectivity index (χ1n) is 5.57. The van der Waals surface area contributed by atoms with Gasteiger partial charge in [-0.15, -0.1) is 0 Å². The summed E-state index contributed by atoms with van der Waals surface area (Å²) in [5, 5.41) is 0. The van der Waals surface area contributed by atoms with Crippen molar-refractivity contribution in [2.75, 3.05) is 6.61 Å². The molecule has 0 rings (SSSR count). The zero-order chi connectivity index (χ0) is 12.8. The fourth-order valence-corrected chi connectivity index (χ4v) is 1.47. The number of carbonyl (C=O) groups excluding carboxylic acids is 1. The fraction of sp³-hybridized carbons (Fsp3) is 0.909. The van der Waals surface area contributed by atoms with Crippen LogP contribution in [-0.2, 0) is 9.53 Å². The number of ether oxygens (including phenoxy) is 1. The molecule has 0 spiro atoms. The van der Waals surface area contributed by atoms with Gasteiger partial charge in [0.2, 0.25) is 0 Å². The molecule has 0 aliphatic rings. The molecule has 0 aliphatic carbocycles. The molecule has 0 N–H and O–H groups in total. The molecular weight excluding hydrogens is 221 g/mol. The van der Waals surface area contributed by atoms with Crippen LogP contribution in [0.3, 0.4) is 0 Å². The molecule has 0 aromatic heterocycles. The summed E-state index contributed by atoms with van der Waals surface area (Å²) >= 11 is 0. The summed E-state index contributed by atoms with van der Waals surface area (Å²) in [5.74, 6) is -3.45. The first-order chi connectivity index (χ1) is 7.34. The van der Waals surface area contributed by atoms with E-state index >= 15 is 0 Å². The maximum Gasteiger partial charge on any atom is 0.392 e. The summed E-state index contributed by atoms with van der Waals surface area (Å²) in [4.78, 5) is 11.4. The molecule has 0 aromatic carbocycles. The van der Waals surface area contributed by atoms with E-state index in [0.717, 1.165) is 13.3 Å². The topological polar surface area (TPSA) is 26.3 Å². The Morgan fingerprint density at radius 1 is 1.31 bits per heavy atom. The van der Waals surface area contributed by atoms with Gasteiger partial charge in [-0.2, -0.15) is 13.2 Å². The lowest BCUT2D eigenvalue weighted by molar-refractivity contribution is -0.194. The van der Waals surface area contributed by atoms with Crippen molar-refractivity contribution in [1.82, 2.24) is 0 Å². The number of unbranched alkanes of at least 4 members (excludes halogenated alkanes) is 1. The maximum absolute atomic E-state index is 12.5. The van der Waals surface area contributed by atoms with Crippen LogP contribution in [0.1, 0.15) is 40.0 Å². The van der Waals surface area contributed by atoms with Crippen molar-refractivity contribution in [3.8, 4) is 0 Å². The molecule has 5 heteroatoms. The predicted molar refractivity (Wildman–Crippen MR) is 54.9 cm³/mol. The number of halogens is 3. The number of rotatable bonds is 6. The second-order valence-electron chi connectivity index (χ2n) is 3.83. The highest BCUT2D eigenvalue weighted by Gasteiger charge is 2.44. The van der Waals surface area contributed by atoms with E-state index < -0.39 is 24.0 Å². The molecule has 0 bridgehead atoms. The third kappa shape index (κ3) is 4.86. The van der Waals surface area contributed by atoms with Crippen molar-refractivity contribution in [3.05, 3.63) is 0 Å². The lowest BCUT2D eigenvalue weighted by Gasteiger charge is -2.24. The largest absolute Gasteiger partial charge is 0.466 e. The number of esters is 1. The Morgan fingerprint density at radius 2 is 1.88 bits per heavy atom. The number of alkyl halides is 3. The molecule has 0 radical (unpaired) electrons. The lowest BCUT2D eigenvalue weighted by atomic mass is 9.89. The first-order valence-corrected chi connectivity index (χ1v) is 5.57. The average molecular weight is 240 g/mol. The summed E-state index contributed by atoms with van der Waals surface area (Å²) in [7, 11) is 0. The Labute approximate surface area is 94.2 Å². The quantitative estimate of drug-likeness (QED) is 0.663. The van der Waals surface area contributed by atoms with E-state index in [1.165, 1.54) is 0 Å². The molecule has 0 amide bonds. The minimum Gasteiger partial charge on any atom is -0.466 e. The smallest absolute Gasteiger partial charge is 0.392 e. The Bertz CT molecular complexity index is 214. The van der Waals surface area contributed by atoms with E-state index in [0.29, 0.717) is 6.42 Å². The Kier molecular flexibility index (Phi) is 6.45. The van der Waals surface area contributed by atoms with Gasteiger partial charge >= 0.3 is 12.1 Å². The number of carbonyl (C=O) groups is 1. The third-order valence-corrected chi connectivity index (χ3v) is 2.58.